The second kappa shape index (κ2) is 5.89. The number of hydrogen-bond acceptors (Lipinski definition) is 2. The van der Waals surface area contributed by atoms with E-state index in [0.717, 1.165) is 5.56 Å². The van der Waals surface area contributed by atoms with Crippen molar-refractivity contribution in [2.75, 3.05) is 13.1 Å². The van der Waals surface area contributed by atoms with Gasteiger partial charge in [0.15, 0.2) is 0 Å². The van der Waals surface area contributed by atoms with E-state index < -0.39 is 6.04 Å². The molecule has 0 saturated carbocycles. The zero-order valence-corrected chi connectivity index (χ0v) is 11.4. The Morgan fingerprint density at radius 3 is 2.95 bits per heavy atom. The molecule has 1 aliphatic rings. The van der Waals surface area contributed by atoms with E-state index in [9.17, 15) is 9.59 Å². The molecule has 0 aliphatic carbocycles. The van der Waals surface area contributed by atoms with E-state index in [0.29, 0.717) is 18.1 Å². The lowest BCUT2D eigenvalue weighted by Gasteiger charge is -2.31. The SMILES string of the molecule is C[C@H]1C(=O)NCCN1C(=O)/C=C/c1ccccc1Cl. The zero-order valence-electron chi connectivity index (χ0n) is 10.6. The summed E-state index contributed by atoms with van der Waals surface area (Å²) in [7, 11) is 0. The molecule has 1 heterocycles. The Morgan fingerprint density at radius 1 is 1.47 bits per heavy atom. The Hall–Kier alpha value is -1.81. The number of amides is 2. The maximum Gasteiger partial charge on any atom is 0.247 e. The van der Waals surface area contributed by atoms with E-state index in [-0.39, 0.29) is 11.8 Å². The van der Waals surface area contributed by atoms with Crippen LogP contribution < -0.4 is 5.32 Å². The van der Waals surface area contributed by atoms with Crippen molar-refractivity contribution in [3.8, 4) is 0 Å². The third kappa shape index (κ3) is 3.15. The first kappa shape index (κ1) is 13.6. The maximum absolute atomic E-state index is 12.1. The summed E-state index contributed by atoms with van der Waals surface area (Å²) in [4.78, 5) is 25.1. The van der Waals surface area contributed by atoms with Gasteiger partial charge >= 0.3 is 0 Å². The summed E-state index contributed by atoms with van der Waals surface area (Å²) in [6.45, 7) is 2.74. The van der Waals surface area contributed by atoms with Crippen molar-refractivity contribution in [2.45, 2.75) is 13.0 Å². The van der Waals surface area contributed by atoms with Gasteiger partial charge in [0.25, 0.3) is 0 Å². The molecular weight excluding hydrogens is 264 g/mol. The number of carbonyl (C=O) groups is 2. The van der Waals surface area contributed by atoms with Gasteiger partial charge in [-0.2, -0.15) is 0 Å². The van der Waals surface area contributed by atoms with Gasteiger partial charge < -0.3 is 10.2 Å². The van der Waals surface area contributed by atoms with Gasteiger partial charge in [0, 0.05) is 24.2 Å². The fraction of sp³-hybridized carbons (Fsp3) is 0.286. The van der Waals surface area contributed by atoms with Crippen LogP contribution in [-0.2, 0) is 9.59 Å². The molecule has 19 heavy (non-hydrogen) atoms. The van der Waals surface area contributed by atoms with E-state index in [2.05, 4.69) is 5.32 Å². The van der Waals surface area contributed by atoms with E-state index in [4.69, 9.17) is 11.6 Å². The number of nitrogens with zero attached hydrogens (tertiary/aromatic N) is 1. The van der Waals surface area contributed by atoms with Gasteiger partial charge in [0.2, 0.25) is 11.8 Å². The van der Waals surface area contributed by atoms with Crippen molar-refractivity contribution in [3.05, 3.63) is 40.9 Å². The average molecular weight is 279 g/mol. The van der Waals surface area contributed by atoms with Gasteiger partial charge in [-0.25, -0.2) is 0 Å². The first-order chi connectivity index (χ1) is 9.09. The van der Waals surface area contributed by atoms with Crippen LogP contribution >= 0.6 is 11.6 Å². The number of halogens is 1. The predicted octanol–water partition coefficient (Wildman–Crippen LogP) is 1.70. The number of nitrogens with one attached hydrogen (secondary N) is 1. The Balaban J connectivity index is 2.09. The van der Waals surface area contributed by atoms with Crippen LogP contribution in [0.15, 0.2) is 30.3 Å². The Kier molecular flexibility index (Phi) is 4.22. The van der Waals surface area contributed by atoms with Gasteiger partial charge in [-0.3, -0.25) is 9.59 Å². The van der Waals surface area contributed by atoms with Crippen LogP contribution in [0.1, 0.15) is 12.5 Å². The zero-order chi connectivity index (χ0) is 13.8. The van der Waals surface area contributed by atoms with E-state index in [1.54, 1.807) is 24.0 Å². The average Bonchev–Trinajstić information content (AvgIpc) is 2.40. The standard InChI is InChI=1S/C14H15ClN2O2/c1-10-14(19)16-8-9-17(10)13(18)7-6-11-4-2-3-5-12(11)15/h2-7,10H,8-9H2,1H3,(H,16,19)/b7-6+/t10-/m0/s1. The number of carbonyl (C=O) groups excluding carboxylic acids is 2. The molecule has 0 spiro atoms. The number of rotatable bonds is 2. The largest absolute Gasteiger partial charge is 0.353 e. The molecule has 0 radical (unpaired) electrons. The topological polar surface area (TPSA) is 49.4 Å². The highest BCUT2D eigenvalue weighted by atomic mass is 35.5. The molecule has 1 atom stereocenters. The van der Waals surface area contributed by atoms with Crippen molar-refractivity contribution in [1.82, 2.24) is 10.2 Å². The number of benzene rings is 1. The highest BCUT2D eigenvalue weighted by molar-refractivity contribution is 6.32. The van der Waals surface area contributed by atoms with Gasteiger partial charge in [-0.15, -0.1) is 0 Å². The molecule has 1 aromatic rings. The molecule has 0 aromatic heterocycles. The fourth-order valence-electron chi connectivity index (χ4n) is 1.95. The van der Waals surface area contributed by atoms with Crippen LogP contribution in [0.4, 0.5) is 0 Å². The van der Waals surface area contributed by atoms with Gasteiger partial charge in [0.05, 0.1) is 0 Å². The lowest BCUT2D eigenvalue weighted by Crippen LogP contribution is -2.55. The first-order valence-electron chi connectivity index (χ1n) is 6.10. The fourth-order valence-corrected chi connectivity index (χ4v) is 2.15. The van der Waals surface area contributed by atoms with Crippen molar-refractivity contribution in [1.29, 1.82) is 0 Å². The van der Waals surface area contributed by atoms with Gasteiger partial charge in [-0.1, -0.05) is 29.8 Å². The third-order valence-corrected chi connectivity index (χ3v) is 3.44. The first-order valence-corrected chi connectivity index (χ1v) is 6.48. The minimum atomic E-state index is -0.433. The molecule has 1 aromatic carbocycles. The van der Waals surface area contributed by atoms with Crippen LogP contribution in [0, 0.1) is 0 Å². The van der Waals surface area contributed by atoms with Crippen molar-refractivity contribution < 1.29 is 9.59 Å². The third-order valence-electron chi connectivity index (χ3n) is 3.09. The monoisotopic (exact) mass is 278 g/mol. The molecule has 2 amide bonds. The Labute approximate surface area is 117 Å². The molecule has 1 N–H and O–H groups in total. The molecule has 1 aliphatic heterocycles. The van der Waals surface area contributed by atoms with Crippen molar-refractivity contribution >= 4 is 29.5 Å². The molecule has 1 saturated heterocycles. The Bertz CT molecular complexity index is 528. The molecule has 100 valence electrons. The summed E-state index contributed by atoms with van der Waals surface area (Å²) in [5, 5.41) is 3.32. The number of hydrogen-bond donors (Lipinski definition) is 1. The van der Waals surface area contributed by atoms with Crippen molar-refractivity contribution in [3.63, 3.8) is 0 Å². The molecule has 0 bridgehead atoms. The van der Waals surface area contributed by atoms with Crippen LogP contribution in [0.2, 0.25) is 5.02 Å². The minimum Gasteiger partial charge on any atom is -0.353 e. The minimum absolute atomic E-state index is 0.120. The summed E-state index contributed by atoms with van der Waals surface area (Å²) in [5.41, 5.74) is 0.784. The quantitative estimate of drug-likeness (QED) is 0.837. The van der Waals surface area contributed by atoms with Crippen LogP contribution in [0.25, 0.3) is 6.08 Å². The highest BCUT2D eigenvalue weighted by Gasteiger charge is 2.27. The molecule has 2 rings (SSSR count). The van der Waals surface area contributed by atoms with E-state index in [1.807, 2.05) is 18.2 Å². The number of piperazine rings is 1. The van der Waals surface area contributed by atoms with E-state index in [1.165, 1.54) is 6.08 Å². The maximum atomic E-state index is 12.1. The second-order valence-electron chi connectivity index (χ2n) is 4.35. The van der Waals surface area contributed by atoms with Crippen molar-refractivity contribution in [2.24, 2.45) is 0 Å². The van der Waals surface area contributed by atoms with Crippen LogP contribution in [0.3, 0.4) is 0 Å². The predicted molar refractivity (Wildman–Crippen MR) is 74.7 cm³/mol. The van der Waals surface area contributed by atoms with Crippen LogP contribution in [-0.4, -0.2) is 35.8 Å². The normalized spacial score (nSPS) is 19.6. The molecule has 5 heteroatoms. The molecular formula is C14H15ClN2O2. The summed E-state index contributed by atoms with van der Waals surface area (Å²) >= 11 is 6.01. The molecule has 4 nitrogen and oxygen atoms in total. The lowest BCUT2D eigenvalue weighted by molar-refractivity contribution is -0.139. The van der Waals surface area contributed by atoms with E-state index >= 15 is 0 Å². The molecule has 1 fully saturated rings. The summed E-state index contributed by atoms with van der Waals surface area (Å²) in [6.07, 6.45) is 3.13. The van der Waals surface area contributed by atoms with Gasteiger partial charge in [-0.05, 0) is 24.6 Å². The Morgan fingerprint density at radius 2 is 2.21 bits per heavy atom. The highest BCUT2D eigenvalue weighted by Crippen LogP contribution is 2.16. The summed E-state index contributed by atoms with van der Waals surface area (Å²) in [6, 6.07) is 6.85. The second-order valence-corrected chi connectivity index (χ2v) is 4.76. The smallest absolute Gasteiger partial charge is 0.247 e. The molecule has 0 unspecified atom stereocenters. The van der Waals surface area contributed by atoms with Crippen LogP contribution in [0.5, 0.6) is 0 Å². The van der Waals surface area contributed by atoms with Gasteiger partial charge in [0.1, 0.15) is 6.04 Å². The summed E-state index contributed by atoms with van der Waals surface area (Å²) in [5.74, 6) is -0.298. The summed E-state index contributed by atoms with van der Waals surface area (Å²) < 4.78 is 0. The lowest BCUT2D eigenvalue weighted by atomic mass is 10.1.